The summed E-state index contributed by atoms with van der Waals surface area (Å²) in [5.74, 6) is -5.14. The van der Waals surface area contributed by atoms with E-state index < -0.39 is 45.3 Å². The van der Waals surface area contributed by atoms with Gasteiger partial charge in [0.2, 0.25) is 0 Å². The van der Waals surface area contributed by atoms with Gasteiger partial charge < -0.3 is 5.73 Å². The number of aliphatic imine (C=N–C) groups is 1. The summed E-state index contributed by atoms with van der Waals surface area (Å²) in [6.45, 7) is 0. The van der Waals surface area contributed by atoms with E-state index in [0.717, 1.165) is 0 Å². The minimum atomic E-state index is -1.53. The Morgan fingerprint density at radius 1 is 1.07 bits per heavy atom. The third-order valence-electron chi connectivity index (χ3n) is 1.99. The Hall–Kier alpha value is -1.56. The molecule has 3 N–H and O–H groups in total. The summed E-state index contributed by atoms with van der Waals surface area (Å²) < 4.78 is 39.7. The second-order valence-corrected chi connectivity index (χ2v) is 3.23. The minimum Gasteiger partial charge on any atom is -0.383 e. The minimum absolute atomic E-state index is 0.429. The maximum atomic E-state index is 13.4. The molecule has 1 aliphatic rings. The van der Waals surface area contributed by atoms with Gasteiger partial charge in [-0.3, -0.25) is 5.41 Å². The molecule has 0 radical (unpaired) electrons. The molecule has 2 rings (SSSR count). The van der Waals surface area contributed by atoms with Gasteiger partial charge >= 0.3 is 0 Å². The van der Waals surface area contributed by atoms with Crippen LogP contribution in [0.4, 0.5) is 13.2 Å². The molecule has 0 saturated carbocycles. The maximum Gasteiger partial charge on any atom is 0.181 e. The highest BCUT2D eigenvalue weighted by atomic mass is 35.5. The fourth-order valence-electron chi connectivity index (χ4n) is 1.33. The molecule has 0 unspecified atom stereocenters. The summed E-state index contributed by atoms with van der Waals surface area (Å²) in [6.07, 6.45) is 0. The lowest BCUT2D eigenvalue weighted by molar-refractivity contribution is 0.493. The topological polar surface area (TPSA) is 62.2 Å². The molecule has 0 saturated heterocycles. The Balaban J connectivity index is 2.92. The molecule has 0 atom stereocenters. The third-order valence-corrected chi connectivity index (χ3v) is 2.32. The van der Waals surface area contributed by atoms with Crippen molar-refractivity contribution in [2.75, 3.05) is 0 Å². The van der Waals surface area contributed by atoms with Crippen LogP contribution in [0.5, 0.6) is 0 Å². The van der Waals surface area contributed by atoms with Crippen molar-refractivity contribution in [2.24, 2.45) is 10.7 Å². The summed E-state index contributed by atoms with van der Waals surface area (Å²) in [5, 5.41) is 6.21. The molecule has 15 heavy (non-hydrogen) atoms. The van der Waals surface area contributed by atoms with E-state index in [-0.39, 0.29) is 0 Å². The summed E-state index contributed by atoms with van der Waals surface area (Å²) in [5.41, 5.74) is 4.17. The molecule has 1 aromatic rings. The molecular weight excluding hydrogens is 231 g/mol. The number of hydrogen-bond acceptors (Lipinski definition) is 2. The highest BCUT2D eigenvalue weighted by molar-refractivity contribution is 6.32. The zero-order valence-electron chi connectivity index (χ0n) is 7.04. The fourth-order valence-corrected chi connectivity index (χ4v) is 1.50. The molecule has 78 valence electrons. The molecule has 1 aliphatic heterocycles. The number of benzene rings is 1. The van der Waals surface area contributed by atoms with Crippen LogP contribution in [0.25, 0.3) is 0 Å². The first kappa shape index (κ1) is 9.97. The van der Waals surface area contributed by atoms with Crippen LogP contribution in [0.1, 0.15) is 11.1 Å². The van der Waals surface area contributed by atoms with Crippen molar-refractivity contribution in [1.82, 2.24) is 0 Å². The maximum absolute atomic E-state index is 13.4. The zero-order chi connectivity index (χ0) is 11.3. The molecule has 7 heteroatoms. The summed E-state index contributed by atoms with van der Waals surface area (Å²) >= 11 is 5.20. The van der Waals surface area contributed by atoms with Gasteiger partial charge in [-0.05, 0) is 0 Å². The molecular formula is C8H3ClF3N3. The number of nitrogens with two attached hydrogens (primary N) is 1. The van der Waals surface area contributed by atoms with Crippen LogP contribution in [0.3, 0.4) is 0 Å². The summed E-state index contributed by atoms with van der Waals surface area (Å²) in [4.78, 5) is 3.33. The van der Waals surface area contributed by atoms with Crippen LogP contribution in [0.2, 0.25) is 5.02 Å². The summed E-state index contributed by atoms with van der Waals surface area (Å²) in [7, 11) is 0. The van der Waals surface area contributed by atoms with Crippen molar-refractivity contribution >= 4 is 23.3 Å². The SMILES string of the molecule is N=C1N=C(N)c2c(F)c(F)c(Cl)c(F)c21. The molecule has 0 fully saturated rings. The lowest BCUT2D eigenvalue weighted by atomic mass is 10.1. The van der Waals surface area contributed by atoms with Gasteiger partial charge in [-0.15, -0.1) is 0 Å². The smallest absolute Gasteiger partial charge is 0.181 e. The number of hydrogen-bond donors (Lipinski definition) is 2. The largest absolute Gasteiger partial charge is 0.383 e. The Morgan fingerprint density at radius 2 is 1.67 bits per heavy atom. The lowest BCUT2D eigenvalue weighted by Gasteiger charge is -2.05. The predicted molar refractivity (Wildman–Crippen MR) is 48.9 cm³/mol. The molecule has 1 aromatic carbocycles. The van der Waals surface area contributed by atoms with E-state index in [1.807, 2.05) is 0 Å². The average molecular weight is 234 g/mol. The average Bonchev–Trinajstić information content (AvgIpc) is 2.47. The van der Waals surface area contributed by atoms with Crippen molar-refractivity contribution in [1.29, 1.82) is 5.41 Å². The molecule has 1 heterocycles. The van der Waals surface area contributed by atoms with Gasteiger partial charge in [0.1, 0.15) is 10.9 Å². The van der Waals surface area contributed by atoms with Crippen LogP contribution >= 0.6 is 11.6 Å². The van der Waals surface area contributed by atoms with Gasteiger partial charge in [0.25, 0.3) is 0 Å². The van der Waals surface area contributed by atoms with E-state index in [9.17, 15) is 13.2 Å². The highest BCUT2D eigenvalue weighted by Crippen LogP contribution is 2.31. The van der Waals surface area contributed by atoms with Crippen molar-refractivity contribution in [3.63, 3.8) is 0 Å². The second-order valence-electron chi connectivity index (χ2n) is 2.85. The van der Waals surface area contributed by atoms with E-state index in [0.29, 0.717) is 0 Å². The lowest BCUT2D eigenvalue weighted by Crippen LogP contribution is -2.15. The van der Waals surface area contributed by atoms with E-state index in [1.165, 1.54) is 0 Å². The Morgan fingerprint density at radius 3 is 2.27 bits per heavy atom. The van der Waals surface area contributed by atoms with Crippen molar-refractivity contribution in [2.45, 2.75) is 0 Å². The number of rotatable bonds is 0. The van der Waals surface area contributed by atoms with E-state index in [4.69, 9.17) is 22.7 Å². The first-order valence-electron chi connectivity index (χ1n) is 3.74. The van der Waals surface area contributed by atoms with Crippen LogP contribution in [-0.4, -0.2) is 11.7 Å². The highest BCUT2D eigenvalue weighted by Gasteiger charge is 2.31. The monoisotopic (exact) mass is 233 g/mol. The van der Waals surface area contributed by atoms with Gasteiger partial charge in [0.15, 0.2) is 23.3 Å². The Bertz CT molecular complexity index is 525. The van der Waals surface area contributed by atoms with Gasteiger partial charge in [0, 0.05) is 0 Å². The number of nitrogens with zero attached hydrogens (tertiary/aromatic N) is 1. The number of nitrogens with one attached hydrogen (secondary N) is 1. The fraction of sp³-hybridized carbons (Fsp3) is 0. The second kappa shape index (κ2) is 2.96. The van der Waals surface area contributed by atoms with Gasteiger partial charge in [-0.25, -0.2) is 18.2 Å². The number of halogens is 4. The number of amidine groups is 2. The van der Waals surface area contributed by atoms with E-state index >= 15 is 0 Å². The van der Waals surface area contributed by atoms with Crippen molar-refractivity contribution < 1.29 is 13.2 Å². The first-order valence-corrected chi connectivity index (χ1v) is 4.12. The van der Waals surface area contributed by atoms with Crippen LogP contribution < -0.4 is 5.73 Å². The molecule has 0 bridgehead atoms. The Kier molecular flexibility index (Phi) is 1.97. The third kappa shape index (κ3) is 1.14. The van der Waals surface area contributed by atoms with Crippen LogP contribution in [0, 0.1) is 22.9 Å². The van der Waals surface area contributed by atoms with Gasteiger partial charge in [-0.1, -0.05) is 11.6 Å². The van der Waals surface area contributed by atoms with Gasteiger partial charge in [0.05, 0.1) is 11.1 Å². The molecule has 0 amide bonds. The van der Waals surface area contributed by atoms with Crippen molar-refractivity contribution in [3.8, 4) is 0 Å². The normalized spacial score (nSPS) is 14.1. The molecule has 0 spiro atoms. The molecule has 3 nitrogen and oxygen atoms in total. The van der Waals surface area contributed by atoms with Crippen LogP contribution in [0.15, 0.2) is 4.99 Å². The predicted octanol–water partition coefficient (Wildman–Crippen LogP) is 1.80. The van der Waals surface area contributed by atoms with Crippen molar-refractivity contribution in [3.05, 3.63) is 33.6 Å². The molecule has 0 aromatic heterocycles. The standard InChI is InChI=1S/C8H3ClF3N3/c9-3-4(10)1-2(5(11)6(3)12)8(14)15-7(1)13/h(H3,13,14,15). The van der Waals surface area contributed by atoms with E-state index in [2.05, 4.69) is 4.99 Å². The van der Waals surface area contributed by atoms with Crippen LogP contribution in [-0.2, 0) is 0 Å². The summed E-state index contributed by atoms with van der Waals surface area (Å²) in [6, 6.07) is 0. The Labute approximate surface area is 86.9 Å². The zero-order valence-corrected chi connectivity index (χ0v) is 7.79. The van der Waals surface area contributed by atoms with Gasteiger partial charge in [-0.2, -0.15) is 0 Å². The first-order chi connectivity index (χ1) is 6.95. The quantitative estimate of drug-likeness (QED) is 0.521. The molecule has 0 aliphatic carbocycles. The number of fused-ring (bicyclic) bond motifs is 1. The van der Waals surface area contributed by atoms with E-state index in [1.54, 1.807) is 0 Å².